The first-order valence-corrected chi connectivity index (χ1v) is 10.2. The fourth-order valence-electron chi connectivity index (χ4n) is 2.33. The summed E-state index contributed by atoms with van der Waals surface area (Å²) in [5.74, 6) is 3.03. The number of nitrogens with one attached hydrogen (secondary N) is 1. The van der Waals surface area contributed by atoms with Gasteiger partial charge in [0.05, 0.1) is 12.9 Å². The SMILES string of the molecule is CCCSCC(=O)NCc1ccc(OCCN(CC)CC)c(OC)c1. The van der Waals surface area contributed by atoms with E-state index < -0.39 is 0 Å². The lowest BCUT2D eigenvalue weighted by Gasteiger charge is -2.19. The summed E-state index contributed by atoms with van der Waals surface area (Å²) in [4.78, 5) is 14.1. The molecule has 0 heterocycles. The van der Waals surface area contributed by atoms with E-state index in [2.05, 4.69) is 31.0 Å². The van der Waals surface area contributed by atoms with Crippen LogP contribution in [-0.2, 0) is 11.3 Å². The van der Waals surface area contributed by atoms with Crippen molar-refractivity contribution in [3.05, 3.63) is 23.8 Å². The van der Waals surface area contributed by atoms with Gasteiger partial charge in [-0.05, 0) is 43.0 Å². The molecule has 0 saturated heterocycles. The Bertz CT molecular complexity index is 507. The van der Waals surface area contributed by atoms with Gasteiger partial charge in [-0.2, -0.15) is 11.8 Å². The molecule has 0 radical (unpaired) electrons. The quantitative estimate of drug-likeness (QED) is 0.542. The molecule has 1 aromatic carbocycles. The zero-order chi connectivity index (χ0) is 18.5. The maximum absolute atomic E-state index is 11.8. The maximum atomic E-state index is 11.8. The van der Waals surface area contributed by atoms with E-state index in [0.29, 0.717) is 24.7 Å². The Morgan fingerprint density at radius 2 is 1.96 bits per heavy atom. The molecule has 1 amide bonds. The number of hydrogen-bond acceptors (Lipinski definition) is 5. The van der Waals surface area contributed by atoms with Crippen molar-refractivity contribution in [1.82, 2.24) is 10.2 Å². The molecule has 25 heavy (non-hydrogen) atoms. The van der Waals surface area contributed by atoms with E-state index in [4.69, 9.17) is 9.47 Å². The summed E-state index contributed by atoms with van der Waals surface area (Å²) in [5, 5.41) is 2.94. The Hall–Kier alpha value is -1.40. The molecular weight excluding hydrogens is 336 g/mol. The van der Waals surface area contributed by atoms with Crippen molar-refractivity contribution in [3.8, 4) is 11.5 Å². The van der Waals surface area contributed by atoms with Crippen LogP contribution in [0, 0.1) is 0 Å². The highest BCUT2D eigenvalue weighted by molar-refractivity contribution is 7.99. The average Bonchev–Trinajstić information content (AvgIpc) is 2.64. The first-order chi connectivity index (χ1) is 12.1. The van der Waals surface area contributed by atoms with Gasteiger partial charge in [0.2, 0.25) is 5.91 Å². The van der Waals surface area contributed by atoms with E-state index in [1.54, 1.807) is 18.9 Å². The Balaban J connectivity index is 2.49. The Morgan fingerprint density at radius 1 is 1.20 bits per heavy atom. The van der Waals surface area contributed by atoms with Crippen molar-refractivity contribution in [2.24, 2.45) is 0 Å². The van der Waals surface area contributed by atoms with E-state index in [1.165, 1.54) is 0 Å². The lowest BCUT2D eigenvalue weighted by atomic mass is 10.2. The third kappa shape index (κ3) is 8.50. The number of nitrogens with zero attached hydrogens (tertiary/aromatic N) is 1. The molecule has 5 nitrogen and oxygen atoms in total. The number of likely N-dealkylation sites (N-methyl/N-ethyl adjacent to an activating group) is 1. The van der Waals surface area contributed by atoms with Crippen LogP contribution in [0.2, 0.25) is 0 Å². The fourth-order valence-corrected chi connectivity index (χ4v) is 3.05. The molecule has 0 unspecified atom stereocenters. The Labute approximate surface area is 156 Å². The number of rotatable bonds is 13. The lowest BCUT2D eigenvalue weighted by Crippen LogP contribution is -2.28. The minimum atomic E-state index is 0.0666. The molecule has 0 fully saturated rings. The van der Waals surface area contributed by atoms with E-state index in [-0.39, 0.29) is 5.91 Å². The van der Waals surface area contributed by atoms with Crippen LogP contribution in [-0.4, -0.2) is 55.7 Å². The van der Waals surface area contributed by atoms with Crippen molar-refractivity contribution in [3.63, 3.8) is 0 Å². The summed E-state index contributed by atoms with van der Waals surface area (Å²) < 4.78 is 11.3. The summed E-state index contributed by atoms with van der Waals surface area (Å²) in [7, 11) is 1.64. The Kier molecular flexibility index (Phi) is 11.2. The molecular formula is C19H32N2O3S. The van der Waals surface area contributed by atoms with Gasteiger partial charge in [-0.25, -0.2) is 0 Å². The highest BCUT2D eigenvalue weighted by Gasteiger charge is 2.08. The molecule has 0 aliphatic heterocycles. The smallest absolute Gasteiger partial charge is 0.230 e. The van der Waals surface area contributed by atoms with Gasteiger partial charge >= 0.3 is 0 Å². The van der Waals surface area contributed by atoms with Crippen LogP contribution in [0.15, 0.2) is 18.2 Å². The minimum absolute atomic E-state index is 0.0666. The van der Waals surface area contributed by atoms with E-state index >= 15 is 0 Å². The van der Waals surface area contributed by atoms with Crippen LogP contribution in [0.5, 0.6) is 11.5 Å². The minimum Gasteiger partial charge on any atom is -0.493 e. The summed E-state index contributed by atoms with van der Waals surface area (Å²) in [6.45, 7) is 10.5. The van der Waals surface area contributed by atoms with Crippen LogP contribution >= 0.6 is 11.8 Å². The molecule has 1 rings (SSSR count). The van der Waals surface area contributed by atoms with E-state index in [0.717, 1.165) is 43.1 Å². The number of thioether (sulfide) groups is 1. The first kappa shape index (κ1) is 21.6. The van der Waals surface area contributed by atoms with E-state index in [1.807, 2.05) is 18.2 Å². The number of carbonyl (C=O) groups is 1. The maximum Gasteiger partial charge on any atom is 0.230 e. The largest absolute Gasteiger partial charge is 0.493 e. The summed E-state index contributed by atoms with van der Waals surface area (Å²) in [6, 6.07) is 5.80. The summed E-state index contributed by atoms with van der Waals surface area (Å²) in [6.07, 6.45) is 1.09. The molecule has 1 N–H and O–H groups in total. The molecule has 1 aromatic rings. The topological polar surface area (TPSA) is 50.8 Å². The average molecular weight is 369 g/mol. The zero-order valence-corrected chi connectivity index (χ0v) is 16.8. The second-order valence-corrected chi connectivity index (χ2v) is 6.80. The summed E-state index contributed by atoms with van der Waals surface area (Å²) in [5.41, 5.74) is 1.00. The molecule has 0 aromatic heterocycles. The normalized spacial score (nSPS) is 10.8. The van der Waals surface area contributed by atoms with Gasteiger partial charge in [0.1, 0.15) is 6.61 Å². The van der Waals surface area contributed by atoms with Crippen LogP contribution in [0.4, 0.5) is 0 Å². The molecule has 0 atom stereocenters. The highest BCUT2D eigenvalue weighted by Crippen LogP contribution is 2.28. The van der Waals surface area contributed by atoms with Gasteiger partial charge in [-0.1, -0.05) is 26.8 Å². The third-order valence-corrected chi connectivity index (χ3v) is 5.02. The predicted octanol–water partition coefficient (Wildman–Crippen LogP) is 3.18. The van der Waals surface area contributed by atoms with Gasteiger partial charge in [0.25, 0.3) is 0 Å². The second kappa shape index (κ2) is 12.9. The Morgan fingerprint density at radius 3 is 2.60 bits per heavy atom. The third-order valence-electron chi connectivity index (χ3n) is 3.86. The first-order valence-electron chi connectivity index (χ1n) is 9.01. The molecule has 0 spiro atoms. The number of carbonyl (C=O) groups excluding carboxylic acids is 1. The fraction of sp³-hybridized carbons (Fsp3) is 0.632. The van der Waals surface area contributed by atoms with Crippen molar-refractivity contribution in [1.29, 1.82) is 0 Å². The van der Waals surface area contributed by atoms with E-state index in [9.17, 15) is 4.79 Å². The number of methoxy groups -OCH3 is 1. The van der Waals surface area contributed by atoms with Gasteiger partial charge in [0.15, 0.2) is 11.5 Å². The molecule has 142 valence electrons. The molecule has 0 saturated carbocycles. The van der Waals surface area contributed by atoms with Crippen molar-refractivity contribution < 1.29 is 14.3 Å². The zero-order valence-electron chi connectivity index (χ0n) is 16.0. The summed E-state index contributed by atoms with van der Waals surface area (Å²) >= 11 is 1.66. The molecule has 0 aliphatic rings. The standard InChI is InChI=1S/C19H32N2O3S/c1-5-12-25-15-19(22)20-14-16-8-9-17(18(13-16)23-4)24-11-10-21(6-2)7-3/h8-9,13H,5-7,10-12,14-15H2,1-4H3,(H,20,22). The lowest BCUT2D eigenvalue weighted by molar-refractivity contribution is -0.118. The van der Waals surface area contributed by atoms with Crippen molar-refractivity contribution in [2.45, 2.75) is 33.7 Å². The second-order valence-electron chi connectivity index (χ2n) is 5.69. The van der Waals surface area contributed by atoms with Gasteiger partial charge < -0.3 is 19.7 Å². The molecule has 6 heteroatoms. The van der Waals surface area contributed by atoms with Crippen LogP contribution in [0.3, 0.4) is 0 Å². The van der Waals surface area contributed by atoms with Gasteiger partial charge in [-0.3, -0.25) is 4.79 Å². The van der Waals surface area contributed by atoms with Crippen LogP contribution < -0.4 is 14.8 Å². The number of amides is 1. The number of ether oxygens (including phenoxy) is 2. The molecule has 0 bridgehead atoms. The predicted molar refractivity (Wildman–Crippen MR) is 106 cm³/mol. The monoisotopic (exact) mass is 368 g/mol. The van der Waals surface area contributed by atoms with Gasteiger partial charge in [0, 0.05) is 13.1 Å². The molecule has 0 aliphatic carbocycles. The number of hydrogen-bond donors (Lipinski definition) is 1. The van der Waals surface area contributed by atoms with Crippen LogP contribution in [0.25, 0.3) is 0 Å². The van der Waals surface area contributed by atoms with Gasteiger partial charge in [-0.15, -0.1) is 0 Å². The highest BCUT2D eigenvalue weighted by atomic mass is 32.2. The van der Waals surface area contributed by atoms with Crippen molar-refractivity contribution >= 4 is 17.7 Å². The van der Waals surface area contributed by atoms with Crippen LogP contribution in [0.1, 0.15) is 32.8 Å². The van der Waals surface area contributed by atoms with Crippen molar-refractivity contribution in [2.75, 3.05) is 44.9 Å². The number of benzene rings is 1.